The molecule has 0 radical (unpaired) electrons. The van der Waals surface area contributed by atoms with Crippen molar-refractivity contribution in [2.75, 3.05) is 7.11 Å². The number of aryl methyl sites for hydroxylation is 1. The van der Waals surface area contributed by atoms with Gasteiger partial charge in [-0.1, -0.05) is 25.5 Å². The second-order valence-electron chi connectivity index (χ2n) is 5.93. The number of hydrogen-bond acceptors (Lipinski definition) is 3. The molecule has 0 fully saturated rings. The van der Waals surface area contributed by atoms with E-state index in [1.807, 2.05) is 26.0 Å². The number of carbonyl (C=O) groups excluding carboxylic acids is 1. The maximum absolute atomic E-state index is 12.1. The van der Waals surface area contributed by atoms with Crippen molar-refractivity contribution in [1.82, 2.24) is 5.32 Å². The lowest BCUT2D eigenvalue weighted by atomic mass is 9.95. The number of rotatable bonds is 8. The number of benzene rings is 1. The van der Waals surface area contributed by atoms with E-state index >= 15 is 0 Å². The van der Waals surface area contributed by atoms with Crippen molar-refractivity contribution in [3.63, 3.8) is 0 Å². The topological polar surface area (TPSA) is 64.4 Å². The summed E-state index contributed by atoms with van der Waals surface area (Å²) >= 11 is 0. The van der Waals surface area contributed by atoms with Gasteiger partial charge >= 0.3 is 0 Å². The van der Waals surface area contributed by atoms with E-state index in [-0.39, 0.29) is 11.9 Å². The predicted octanol–water partition coefficient (Wildman–Crippen LogP) is 2.65. The summed E-state index contributed by atoms with van der Waals surface area (Å²) in [4.78, 5) is 12.1. The molecule has 0 aromatic heterocycles. The molecule has 0 bridgehead atoms. The zero-order chi connectivity index (χ0) is 15.9. The van der Waals surface area contributed by atoms with Crippen LogP contribution in [0.5, 0.6) is 5.75 Å². The van der Waals surface area contributed by atoms with Crippen molar-refractivity contribution in [3.8, 4) is 5.75 Å². The SMILES string of the molecule is CCCC(C)(N)C(=O)NC(C)CCc1ccc(OC)cc1. The molecule has 0 spiro atoms. The standard InChI is InChI=1S/C17H28N2O2/c1-5-12-17(3,18)16(20)19-13(2)6-7-14-8-10-15(21-4)11-9-14/h8-11,13H,5-7,12,18H2,1-4H3,(H,19,20). The minimum atomic E-state index is -0.775. The lowest BCUT2D eigenvalue weighted by Crippen LogP contribution is -2.53. The van der Waals surface area contributed by atoms with Crippen LogP contribution >= 0.6 is 0 Å². The van der Waals surface area contributed by atoms with Gasteiger partial charge in [-0.3, -0.25) is 4.79 Å². The van der Waals surface area contributed by atoms with E-state index in [9.17, 15) is 4.79 Å². The number of hydrogen-bond donors (Lipinski definition) is 2. The van der Waals surface area contributed by atoms with Gasteiger partial charge in [0.1, 0.15) is 5.75 Å². The highest BCUT2D eigenvalue weighted by atomic mass is 16.5. The Balaban J connectivity index is 2.42. The molecule has 0 aliphatic carbocycles. The summed E-state index contributed by atoms with van der Waals surface area (Å²) in [5.41, 5.74) is 6.49. The van der Waals surface area contributed by atoms with Crippen LogP contribution in [0.3, 0.4) is 0 Å². The van der Waals surface area contributed by atoms with Crippen molar-refractivity contribution < 1.29 is 9.53 Å². The van der Waals surface area contributed by atoms with Crippen LogP contribution in [0.15, 0.2) is 24.3 Å². The number of ether oxygens (including phenoxy) is 1. The molecule has 2 unspecified atom stereocenters. The summed E-state index contributed by atoms with van der Waals surface area (Å²) < 4.78 is 5.14. The molecule has 118 valence electrons. The molecule has 0 saturated carbocycles. The summed E-state index contributed by atoms with van der Waals surface area (Å²) in [6, 6.07) is 8.13. The molecular weight excluding hydrogens is 264 g/mol. The fourth-order valence-corrected chi connectivity index (χ4v) is 2.27. The summed E-state index contributed by atoms with van der Waals surface area (Å²) in [6.45, 7) is 5.84. The largest absolute Gasteiger partial charge is 0.497 e. The molecule has 3 N–H and O–H groups in total. The maximum atomic E-state index is 12.1. The Kier molecular flexibility index (Phi) is 6.69. The van der Waals surface area contributed by atoms with Gasteiger partial charge in [-0.2, -0.15) is 0 Å². The van der Waals surface area contributed by atoms with E-state index in [1.165, 1.54) is 5.56 Å². The van der Waals surface area contributed by atoms with Crippen molar-refractivity contribution in [1.29, 1.82) is 0 Å². The second kappa shape index (κ2) is 8.03. The fraction of sp³-hybridized carbons (Fsp3) is 0.588. The van der Waals surface area contributed by atoms with Crippen LogP contribution in [0.2, 0.25) is 0 Å². The third kappa shape index (κ3) is 5.76. The Labute approximate surface area is 128 Å². The van der Waals surface area contributed by atoms with Gasteiger partial charge in [0, 0.05) is 6.04 Å². The first-order valence-electron chi connectivity index (χ1n) is 7.62. The molecule has 21 heavy (non-hydrogen) atoms. The van der Waals surface area contributed by atoms with E-state index in [0.717, 1.165) is 25.0 Å². The van der Waals surface area contributed by atoms with E-state index in [1.54, 1.807) is 14.0 Å². The smallest absolute Gasteiger partial charge is 0.240 e. The third-order valence-corrected chi connectivity index (χ3v) is 3.69. The monoisotopic (exact) mass is 292 g/mol. The summed E-state index contributed by atoms with van der Waals surface area (Å²) in [6.07, 6.45) is 3.41. The lowest BCUT2D eigenvalue weighted by Gasteiger charge is -2.25. The minimum absolute atomic E-state index is 0.0634. The molecular formula is C17H28N2O2. The molecule has 0 aliphatic rings. The average molecular weight is 292 g/mol. The van der Waals surface area contributed by atoms with Gasteiger partial charge in [-0.05, 0) is 50.8 Å². The van der Waals surface area contributed by atoms with Crippen LogP contribution in [0.25, 0.3) is 0 Å². The molecule has 1 rings (SSSR count). The highest BCUT2D eigenvalue weighted by Gasteiger charge is 2.27. The van der Waals surface area contributed by atoms with Crippen LogP contribution in [-0.2, 0) is 11.2 Å². The number of nitrogens with two attached hydrogens (primary N) is 1. The first-order valence-corrected chi connectivity index (χ1v) is 7.62. The summed E-state index contributed by atoms with van der Waals surface area (Å²) in [5.74, 6) is 0.796. The number of amides is 1. The average Bonchev–Trinajstić information content (AvgIpc) is 2.45. The van der Waals surface area contributed by atoms with Crippen molar-refractivity contribution >= 4 is 5.91 Å². The summed E-state index contributed by atoms with van der Waals surface area (Å²) in [5, 5.41) is 3.01. The Morgan fingerprint density at radius 3 is 2.52 bits per heavy atom. The molecule has 1 amide bonds. The van der Waals surface area contributed by atoms with Crippen molar-refractivity contribution in [2.24, 2.45) is 5.73 Å². The quantitative estimate of drug-likeness (QED) is 0.774. The lowest BCUT2D eigenvalue weighted by molar-refractivity contribution is -0.126. The molecule has 2 atom stereocenters. The summed E-state index contributed by atoms with van der Waals surface area (Å²) in [7, 11) is 1.66. The van der Waals surface area contributed by atoms with Gasteiger partial charge in [0.05, 0.1) is 12.6 Å². The Morgan fingerprint density at radius 2 is 2.00 bits per heavy atom. The third-order valence-electron chi connectivity index (χ3n) is 3.69. The van der Waals surface area contributed by atoms with Crippen LogP contribution in [0, 0.1) is 0 Å². The van der Waals surface area contributed by atoms with E-state index in [4.69, 9.17) is 10.5 Å². The molecule has 1 aromatic carbocycles. The molecule has 4 nitrogen and oxygen atoms in total. The first-order chi connectivity index (χ1) is 9.89. The van der Waals surface area contributed by atoms with Crippen molar-refractivity contribution in [3.05, 3.63) is 29.8 Å². The van der Waals surface area contributed by atoms with E-state index < -0.39 is 5.54 Å². The first kappa shape index (κ1) is 17.5. The highest BCUT2D eigenvalue weighted by Crippen LogP contribution is 2.14. The second-order valence-corrected chi connectivity index (χ2v) is 5.93. The van der Waals surface area contributed by atoms with Crippen LogP contribution in [0.1, 0.15) is 45.6 Å². The Morgan fingerprint density at radius 1 is 1.38 bits per heavy atom. The van der Waals surface area contributed by atoms with E-state index in [2.05, 4.69) is 17.4 Å². The zero-order valence-corrected chi connectivity index (χ0v) is 13.6. The molecule has 0 heterocycles. The predicted molar refractivity (Wildman–Crippen MR) is 86.4 cm³/mol. The van der Waals surface area contributed by atoms with Gasteiger partial charge in [0.2, 0.25) is 5.91 Å². The maximum Gasteiger partial charge on any atom is 0.240 e. The van der Waals surface area contributed by atoms with Crippen LogP contribution in [-0.4, -0.2) is 24.6 Å². The molecule has 1 aromatic rings. The number of methoxy groups -OCH3 is 1. The Hall–Kier alpha value is -1.55. The van der Waals surface area contributed by atoms with Crippen molar-refractivity contribution in [2.45, 2.75) is 58.0 Å². The molecule has 0 aliphatic heterocycles. The highest BCUT2D eigenvalue weighted by molar-refractivity contribution is 5.85. The minimum Gasteiger partial charge on any atom is -0.497 e. The Bertz CT molecular complexity index is 441. The molecule has 0 saturated heterocycles. The van der Waals surface area contributed by atoms with Gasteiger partial charge in [0.25, 0.3) is 0 Å². The molecule has 4 heteroatoms. The number of carbonyl (C=O) groups is 1. The van der Waals surface area contributed by atoms with Gasteiger partial charge in [-0.25, -0.2) is 0 Å². The van der Waals surface area contributed by atoms with Gasteiger partial charge in [0.15, 0.2) is 0 Å². The van der Waals surface area contributed by atoms with Crippen LogP contribution < -0.4 is 15.8 Å². The van der Waals surface area contributed by atoms with Crippen LogP contribution in [0.4, 0.5) is 0 Å². The fourth-order valence-electron chi connectivity index (χ4n) is 2.27. The van der Waals surface area contributed by atoms with Gasteiger partial charge < -0.3 is 15.8 Å². The normalized spacial score (nSPS) is 15.1. The number of nitrogens with one attached hydrogen (secondary N) is 1. The van der Waals surface area contributed by atoms with Gasteiger partial charge in [-0.15, -0.1) is 0 Å². The zero-order valence-electron chi connectivity index (χ0n) is 13.6. The van der Waals surface area contributed by atoms with E-state index in [0.29, 0.717) is 6.42 Å².